The molecule has 4 heteroatoms. The standard InChI is InChI=1S/C14H23NO3/c1-9-3-5-11(6-4-9)13(16)15-8-7-12(10(15)2)14(17)18/h9-12H,3-8H2,1-2H3,(H,17,18). The summed E-state index contributed by atoms with van der Waals surface area (Å²) >= 11 is 0. The minimum atomic E-state index is -0.768. The van der Waals surface area contributed by atoms with Gasteiger partial charge in [0, 0.05) is 18.5 Å². The van der Waals surface area contributed by atoms with Crippen LogP contribution in [-0.4, -0.2) is 34.5 Å². The highest BCUT2D eigenvalue weighted by molar-refractivity contribution is 5.81. The Morgan fingerprint density at radius 2 is 1.67 bits per heavy atom. The SMILES string of the molecule is CC1CCC(C(=O)N2CCC(C(=O)O)C2C)CC1. The molecule has 2 rings (SSSR count). The van der Waals surface area contributed by atoms with Crippen molar-refractivity contribution in [2.24, 2.45) is 17.8 Å². The second kappa shape index (κ2) is 5.29. The van der Waals surface area contributed by atoms with E-state index in [1.165, 1.54) is 0 Å². The molecule has 18 heavy (non-hydrogen) atoms. The topological polar surface area (TPSA) is 57.6 Å². The van der Waals surface area contributed by atoms with Gasteiger partial charge in [-0.15, -0.1) is 0 Å². The predicted molar refractivity (Wildman–Crippen MR) is 68.0 cm³/mol. The van der Waals surface area contributed by atoms with Crippen LogP contribution in [0.15, 0.2) is 0 Å². The first kappa shape index (κ1) is 13.4. The average Bonchev–Trinajstić information content (AvgIpc) is 2.71. The second-order valence-electron chi connectivity index (χ2n) is 5.96. The molecular weight excluding hydrogens is 230 g/mol. The van der Waals surface area contributed by atoms with Crippen LogP contribution >= 0.6 is 0 Å². The van der Waals surface area contributed by atoms with Crippen molar-refractivity contribution >= 4 is 11.9 Å². The molecule has 1 saturated heterocycles. The van der Waals surface area contributed by atoms with E-state index in [-0.39, 0.29) is 23.8 Å². The largest absolute Gasteiger partial charge is 0.481 e. The molecule has 0 spiro atoms. The lowest BCUT2D eigenvalue weighted by molar-refractivity contribution is -0.143. The maximum atomic E-state index is 12.4. The van der Waals surface area contributed by atoms with E-state index >= 15 is 0 Å². The predicted octanol–water partition coefficient (Wildman–Crippen LogP) is 2.13. The third-order valence-corrected chi connectivity index (χ3v) is 4.72. The van der Waals surface area contributed by atoms with Crippen molar-refractivity contribution in [1.82, 2.24) is 4.90 Å². The molecule has 0 aromatic carbocycles. The Bertz CT molecular complexity index is 334. The number of nitrogens with zero attached hydrogens (tertiary/aromatic N) is 1. The lowest BCUT2D eigenvalue weighted by Gasteiger charge is -2.31. The molecule has 0 bridgehead atoms. The Morgan fingerprint density at radius 3 is 2.17 bits per heavy atom. The fourth-order valence-corrected chi connectivity index (χ4v) is 3.32. The van der Waals surface area contributed by atoms with Gasteiger partial charge in [-0.25, -0.2) is 0 Å². The molecule has 2 aliphatic rings. The summed E-state index contributed by atoms with van der Waals surface area (Å²) in [6.07, 6.45) is 4.80. The average molecular weight is 253 g/mol. The molecule has 2 unspecified atom stereocenters. The highest BCUT2D eigenvalue weighted by atomic mass is 16.4. The summed E-state index contributed by atoms with van der Waals surface area (Å²) in [5.41, 5.74) is 0. The molecule has 4 nitrogen and oxygen atoms in total. The number of aliphatic carboxylic acids is 1. The van der Waals surface area contributed by atoms with Gasteiger partial charge in [-0.3, -0.25) is 9.59 Å². The molecule has 0 radical (unpaired) electrons. The van der Waals surface area contributed by atoms with Crippen molar-refractivity contribution in [2.45, 2.75) is 52.0 Å². The van der Waals surface area contributed by atoms with Crippen LogP contribution in [0, 0.1) is 17.8 Å². The highest BCUT2D eigenvalue weighted by Crippen LogP contribution is 2.33. The molecule has 1 heterocycles. The van der Waals surface area contributed by atoms with E-state index in [2.05, 4.69) is 6.92 Å². The number of hydrogen-bond donors (Lipinski definition) is 1. The van der Waals surface area contributed by atoms with Crippen LogP contribution in [0.3, 0.4) is 0 Å². The van der Waals surface area contributed by atoms with Gasteiger partial charge in [-0.2, -0.15) is 0 Å². The Labute approximate surface area is 108 Å². The monoisotopic (exact) mass is 253 g/mol. The number of rotatable bonds is 2. The first-order valence-corrected chi connectivity index (χ1v) is 7.04. The summed E-state index contributed by atoms with van der Waals surface area (Å²) in [6.45, 7) is 4.72. The van der Waals surface area contributed by atoms with Crippen LogP contribution in [0.1, 0.15) is 46.0 Å². The Kier molecular flexibility index (Phi) is 3.93. The summed E-state index contributed by atoms with van der Waals surface area (Å²) in [7, 11) is 0. The van der Waals surface area contributed by atoms with Crippen molar-refractivity contribution in [3.8, 4) is 0 Å². The summed E-state index contributed by atoms with van der Waals surface area (Å²) in [5.74, 6) is -0.0855. The first-order chi connectivity index (χ1) is 8.50. The minimum absolute atomic E-state index is 0.135. The molecule has 2 fully saturated rings. The maximum Gasteiger partial charge on any atom is 0.308 e. The Hall–Kier alpha value is -1.06. The van der Waals surface area contributed by atoms with E-state index < -0.39 is 5.97 Å². The fraction of sp³-hybridized carbons (Fsp3) is 0.857. The number of carboxylic acid groups (broad SMARTS) is 1. The highest BCUT2D eigenvalue weighted by Gasteiger charge is 2.40. The van der Waals surface area contributed by atoms with E-state index in [0.717, 1.165) is 31.6 Å². The molecule has 0 aromatic rings. The van der Waals surface area contributed by atoms with Crippen LogP contribution in [-0.2, 0) is 9.59 Å². The number of hydrogen-bond acceptors (Lipinski definition) is 2. The van der Waals surface area contributed by atoms with Crippen molar-refractivity contribution in [3.05, 3.63) is 0 Å². The maximum absolute atomic E-state index is 12.4. The van der Waals surface area contributed by atoms with Crippen LogP contribution in [0.5, 0.6) is 0 Å². The van der Waals surface area contributed by atoms with Gasteiger partial charge in [0.2, 0.25) is 5.91 Å². The van der Waals surface area contributed by atoms with E-state index in [0.29, 0.717) is 13.0 Å². The van der Waals surface area contributed by atoms with Crippen LogP contribution in [0.25, 0.3) is 0 Å². The number of likely N-dealkylation sites (tertiary alicyclic amines) is 1. The molecule has 2 atom stereocenters. The second-order valence-corrected chi connectivity index (χ2v) is 5.96. The number of carboxylic acids is 1. The molecule has 1 amide bonds. The van der Waals surface area contributed by atoms with Crippen molar-refractivity contribution in [3.63, 3.8) is 0 Å². The van der Waals surface area contributed by atoms with Crippen LogP contribution in [0.2, 0.25) is 0 Å². The van der Waals surface area contributed by atoms with Crippen LogP contribution < -0.4 is 0 Å². The van der Waals surface area contributed by atoms with Gasteiger partial charge in [0.25, 0.3) is 0 Å². The quantitative estimate of drug-likeness (QED) is 0.820. The Morgan fingerprint density at radius 1 is 1.06 bits per heavy atom. The molecule has 102 valence electrons. The van der Waals surface area contributed by atoms with Gasteiger partial charge in [-0.1, -0.05) is 6.92 Å². The normalized spacial score (nSPS) is 36.7. The number of carbonyl (C=O) groups excluding carboxylic acids is 1. The zero-order chi connectivity index (χ0) is 13.3. The minimum Gasteiger partial charge on any atom is -0.481 e. The molecule has 1 aliphatic carbocycles. The van der Waals surface area contributed by atoms with E-state index in [9.17, 15) is 9.59 Å². The number of amides is 1. The lowest BCUT2D eigenvalue weighted by Crippen LogP contribution is -2.42. The summed E-state index contributed by atoms with van der Waals surface area (Å²) in [5, 5.41) is 9.09. The van der Waals surface area contributed by atoms with Crippen LogP contribution in [0.4, 0.5) is 0 Å². The smallest absolute Gasteiger partial charge is 0.308 e. The molecular formula is C14H23NO3. The van der Waals surface area contributed by atoms with Gasteiger partial charge >= 0.3 is 5.97 Å². The first-order valence-electron chi connectivity index (χ1n) is 7.04. The summed E-state index contributed by atoms with van der Waals surface area (Å²) in [6, 6.07) is -0.144. The third kappa shape index (κ3) is 2.52. The van der Waals surface area contributed by atoms with Gasteiger partial charge < -0.3 is 10.0 Å². The van der Waals surface area contributed by atoms with Gasteiger partial charge in [0.05, 0.1) is 5.92 Å². The zero-order valence-electron chi connectivity index (χ0n) is 11.3. The molecule has 1 aliphatic heterocycles. The van der Waals surface area contributed by atoms with Crippen molar-refractivity contribution in [1.29, 1.82) is 0 Å². The molecule has 1 saturated carbocycles. The summed E-state index contributed by atoms with van der Waals surface area (Å²) < 4.78 is 0. The van der Waals surface area contributed by atoms with Gasteiger partial charge in [-0.05, 0) is 44.9 Å². The molecule has 0 aromatic heterocycles. The lowest BCUT2D eigenvalue weighted by atomic mass is 9.82. The van der Waals surface area contributed by atoms with Crippen molar-refractivity contribution in [2.75, 3.05) is 6.54 Å². The van der Waals surface area contributed by atoms with E-state index in [1.807, 2.05) is 6.92 Å². The third-order valence-electron chi connectivity index (χ3n) is 4.72. The van der Waals surface area contributed by atoms with E-state index in [1.54, 1.807) is 4.90 Å². The number of carbonyl (C=O) groups is 2. The van der Waals surface area contributed by atoms with E-state index in [4.69, 9.17) is 5.11 Å². The summed E-state index contributed by atoms with van der Waals surface area (Å²) in [4.78, 5) is 25.3. The van der Waals surface area contributed by atoms with Crippen molar-refractivity contribution < 1.29 is 14.7 Å². The fourth-order valence-electron chi connectivity index (χ4n) is 3.32. The zero-order valence-corrected chi connectivity index (χ0v) is 11.3. The van der Waals surface area contributed by atoms with Gasteiger partial charge in [0.1, 0.15) is 0 Å². The van der Waals surface area contributed by atoms with Gasteiger partial charge in [0.15, 0.2) is 0 Å². The Balaban J connectivity index is 1.96. The molecule has 1 N–H and O–H groups in total.